The molecule has 2 aliphatic rings. The standard InChI is InChI=1S/C30H28N4/c1-29(2,27-21-11-7-5-9-19(21)17-31-27)25-15-13-23(33-25)24-14-16-26(34-24)30(3,4)28-22-12-8-6-10-20(22)18-32-28/h5-18,31-32H,1-4H3. The third kappa shape index (κ3) is 3.06. The number of rotatable bonds is 4. The van der Waals surface area contributed by atoms with E-state index in [0.717, 1.165) is 22.8 Å². The molecule has 2 N–H and O–H groups in total. The average Bonchev–Trinajstić information content (AvgIpc) is 3.63. The van der Waals surface area contributed by atoms with Crippen LogP contribution in [0, 0.1) is 0 Å². The summed E-state index contributed by atoms with van der Waals surface area (Å²) in [7, 11) is 0. The van der Waals surface area contributed by atoms with Gasteiger partial charge in [0.25, 0.3) is 0 Å². The summed E-state index contributed by atoms with van der Waals surface area (Å²) < 4.78 is 0. The van der Waals surface area contributed by atoms with Crippen molar-refractivity contribution in [2.75, 3.05) is 0 Å². The number of H-pyrrole nitrogens is 2. The van der Waals surface area contributed by atoms with Gasteiger partial charge in [0, 0.05) is 45.4 Å². The van der Waals surface area contributed by atoms with Crippen molar-refractivity contribution < 1.29 is 0 Å². The van der Waals surface area contributed by atoms with Crippen molar-refractivity contribution in [3.05, 3.63) is 108 Å². The first-order chi connectivity index (χ1) is 16.4. The summed E-state index contributed by atoms with van der Waals surface area (Å²) in [4.78, 5) is 17.1. The molecule has 0 fully saturated rings. The molecule has 0 radical (unpaired) electrons. The largest absolute Gasteiger partial charge is 0.363 e. The molecule has 6 rings (SSSR count). The predicted octanol–water partition coefficient (Wildman–Crippen LogP) is 7.14. The Hall–Kier alpha value is -3.92. The van der Waals surface area contributed by atoms with Crippen LogP contribution < -0.4 is 0 Å². The highest BCUT2D eigenvalue weighted by Crippen LogP contribution is 2.37. The second-order valence-corrected chi connectivity index (χ2v) is 10.2. The molecule has 0 bridgehead atoms. The molecular formula is C30H28N4. The molecule has 4 nitrogen and oxygen atoms in total. The van der Waals surface area contributed by atoms with E-state index in [1.54, 1.807) is 0 Å². The lowest BCUT2D eigenvalue weighted by Crippen LogP contribution is -2.27. The number of nitrogens with zero attached hydrogens (tertiary/aromatic N) is 2. The number of allylic oxidation sites excluding steroid dienone is 4. The Kier molecular flexibility index (Phi) is 4.43. The average molecular weight is 445 g/mol. The third-order valence-electron chi connectivity index (χ3n) is 7.28. The van der Waals surface area contributed by atoms with Gasteiger partial charge in [-0.3, -0.25) is 9.98 Å². The molecule has 34 heavy (non-hydrogen) atoms. The van der Waals surface area contributed by atoms with Crippen molar-refractivity contribution in [2.45, 2.75) is 38.5 Å². The number of aromatic amines is 2. The molecule has 4 heteroatoms. The van der Waals surface area contributed by atoms with E-state index in [4.69, 9.17) is 9.98 Å². The first-order valence-electron chi connectivity index (χ1n) is 11.8. The van der Waals surface area contributed by atoms with E-state index in [1.165, 1.54) is 32.9 Å². The Morgan fingerprint density at radius 3 is 1.41 bits per heavy atom. The van der Waals surface area contributed by atoms with E-state index in [1.807, 2.05) is 0 Å². The minimum absolute atomic E-state index is 0.251. The zero-order valence-electron chi connectivity index (χ0n) is 20.0. The predicted molar refractivity (Wildman–Crippen MR) is 143 cm³/mol. The van der Waals surface area contributed by atoms with Crippen molar-refractivity contribution in [1.29, 1.82) is 0 Å². The molecular weight excluding hydrogens is 416 g/mol. The molecule has 0 atom stereocenters. The molecule has 0 amide bonds. The van der Waals surface area contributed by atoms with Gasteiger partial charge in [0.1, 0.15) is 0 Å². The second-order valence-electron chi connectivity index (χ2n) is 10.2. The molecule has 0 saturated heterocycles. The van der Waals surface area contributed by atoms with Crippen LogP contribution in [0.4, 0.5) is 0 Å². The molecule has 4 aromatic rings. The molecule has 0 saturated carbocycles. The van der Waals surface area contributed by atoms with Gasteiger partial charge in [-0.05, 0) is 62.8 Å². The van der Waals surface area contributed by atoms with Crippen LogP contribution >= 0.6 is 0 Å². The van der Waals surface area contributed by atoms with Crippen LogP contribution in [0.5, 0.6) is 0 Å². The normalized spacial score (nSPS) is 18.4. The van der Waals surface area contributed by atoms with Crippen LogP contribution in [0.15, 0.2) is 107 Å². The van der Waals surface area contributed by atoms with E-state index >= 15 is 0 Å². The summed E-state index contributed by atoms with van der Waals surface area (Å²) in [6.07, 6.45) is 12.6. The SMILES string of the molecule is CC(C)(C1=NC(=C2C=CC(C(C)(C)c3[nH]cc4ccccc34)=N2)C=C1)c1[nH]cc2ccccc12. The lowest BCUT2D eigenvalue weighted by Gasteiger charge is -2.23. The van der Waals surface area contributed by atoms with Crippen LogP contribution in [0.25, 0.3) is 21.5 Å². The van der Waals surface area contributed by atoms with Crippen molar-refractivity contribution in [3.63, 3.8) is 0 Å². The maximum Gasteiger partial charge on any atom is 0.0890 e. The molecule has 2 aromatic heterocycles. The fraction of sp³-hybridized carbons (Fsp3) is 0.200. The van der Waals surface area contributed by atoms with Crippen LogP contribution in [-0.2, 0) is 10.8 Å². The quantitative estimate of drug-likeness (QED) is 0.336. The number of hydrogen-bond donors (Lipinski definition) is 2. The molecule has 2 aliphatic heterocycles. The molecule has 0 unspecified atom stereocenters. The van der Waals surface area contributed by atoms with Gasteiger partial charge in [-0.2, -0.15) is 0 Å². The number of benzene rings is 2. The van der Waals surface area contributed by atoms with Gasteiger partial charge >= 0.3 is 0 Å². The molecule has 0 spiro atoms. The first kappa shape index (κ1) is 20.7. The molecule has 168 valence electrons. The smallest absolute Gasteiger partial charge is 0.0890 e. The van der Waals surface area contributed by atoms with Gasteiger partial charge in [-0.15, -0.1) is 0 Å². The minimum Gasteiger partial charge on any atom is -0.363 e. The summed E-state index contributed by atoms with van der Waals surface area (Å²) in [5.74, 6) is 0. The number of fused-ring (bicyclic) bond motifs is 2. The van der Waals surface area contributed by atoms with Crippen molar-refractivity contribution in [2.24, 2.45) is 9.98 Å². The summed E-state index contributed by atoms with van der Waals surface area (Å²) in [5.41, 5.74) is 5.77. The molecule has 2 aromatic carbocycles. The summed E-state index contributed by atoms with van der Waals surface area (Å²) in [6, 6.07) is 16.9. The van der Waals surface area contributed by atoms with E-state index in [0.29, 0.717) is 0 Å². The van der Waals surface area contributed by atoms with Crippen LogP contribution in [0.3, 0.4) is 0 Å². The third-order valence-corrected chi connectivity index (χ3v) is 7.28. The Bertz CT molecular complexity index is 1470. The number of hydrogen-bond acceptors (Lipinski definition) is 2. The lowest BCUT2D eigenvalue weighted by atomic mass is 9.82. The van der Waals surface area contributed by atoms with Gasteiger partial charge in [-0.1, -0.05) is 48.5 Å². The summed E-state index contributed by atoms with van der Waals surface area (Å²) >= 11 is 0. The van der Waals surface area contributed by atoms with Crippen molar-refractivity contribution >= 4 is 33.0 Å². The number of aliphatic imine (C=N–C) groups is 2. The van der Waals surface area contributed by atoms with Crippen LogP contribution in [-0.4, -0.2) is 21.4 Å². The van der Waals surface area contributed by atoms with Gasteiger partial charge in [0.15, 0.2) is 0 Å². The topological polar surface area (TPSA) is 56.3 Å². The zero-order valence-corrected chi connectivity index (χ0v) is 20.0. The lowest BCUT2D eigenvalue weighted by molar-refractivity contribution is 0.703. The maximum absolute atomic E-state index is 5.03. The minimum atomic E-state index is -0.251. The van der Waals surface area contributed by atoms with Crippen molar-refractivity contribution in [3.8, 4) is 0 Å². The summed E-state index contributed by atoms with van der Waals surface area (Å²) in [6.45, 7) is 8.89. The van der Waals surface area contributed by atoms with E-state index in [2.05, 4.69) is 123 Å². The van der Waals surface area contributed by atoms with E-state index in [9.17, 15) is 0 Å². The highest BCUT2D eigenvalue weighted by Gasteiger charge is 2.33. The van der Waals surface area contributed by atoms with Gasteiger partial charge < -0.3 is 9.97 Å². The van der Waals surface area contributed by atoms with Crippen LogP contribution in [0.2, 0.25) is 0 Å². The highest BCUT2D eigenvalue weighted by atomic mass is 14.9. The van der Waals surface area contributed by atoms with Crippen LogP contribution in [0.1, 0.15) is 39.1 Å². The Morgan fingerprint density at radius 1 is 0.559 bits per heavy atom. The fourth-order valence-electron chi connectivity index (χ4n) is 5.15. The molecule has 0 aliphatic carbocycles. The number of nitrogens with one attached hydrogen (secondary N) is 2. The first-order valence-corrected chi connectivity index (χ1v) is 11.8. The number of aromatic nitrogens is 2. The molecule has 4 heterocycles. The second kappa shape index (κ2) is 7.29. The Morgan fingerprint density at radius 2 is 0.971 bits per heavy atom. The highest BCUT2D eigenvalue weighted by molar-refractivity contribution is 6.10. The zero-order chi connectivity index (χ0) is 23.5. The van der Waals surface area contributed by atoms with Gasteiger partial charge in [0.05, 0.1) is 22.8 Å². The van der Waals surface area contributed by atoms with E-state index in [-0.39, 0.29) is 10.8 Å². The Labute approximate surface area is 199 Å². The fourth-order valence-corrected chi connectivity index (χ4v) is 5.15. The van der Waals surface area contributed by atoms with Crippen molar-refractivity contribution in [1.82, 2.24) is 9.97 Å². The monoisotopic (exact) mass is 444 g/mol. The maximum atomic E-state index is 5.03. The van der Waals surface area contributed by atoms with Gasteiger partial charge in [0.2, 0.25) is 0 Å². The Balaban J connectivity index is 1.35. The van der Waals surface area contributed by atoms with Gasteiger partial charge in [-0.25, -0.2) is 0 Å². The van der Waals surface area contributed by atoms with E-state index < -0.39 is 0 Å². The summed E-state index contributed by atoms with van der Waals surface area (Å²) in [5, 5.41) is 4.92.